The van der Waals surface area contributed by atoms with Crippen molar-refractivity contribution in [3.8, 4) is 11.1 Å². The highest BCUT2D eigenvalue weighted by Crippen LogP contribution is 2.39. The zero-order valence-electron chi connectivity index (χ0n) is 16.1. The number of fused-ring (bicyclic) bond motifs is 1. The summed E-state index contributed by atoms with van der Waals surface area (Å²) in [6.45, 7) is 0.117. The van der Waals surface area contributed by atoms with Gasteiger partial charge in [0.2, 0.25) is 0 Å². The normalized spacial score (nSPS) is 12.9. The molecule has 156 valence electrons. The van der Waals surface area contributed by atoms with Gasteiger partial charge < -0.3 is 11.5 Å². The summed E-state index contributed by atoms with van der Waals surface area (Å²) in [7, 11) is 0. The molecule has 31 heavy (non-hydrogen) atoms. The molecule has 1 aliphatic heterocycles. The van der Waals surface area contributed by atoms with Gasteiger partial charge in [0.25, 0.3) is 17.7 Å². The molecule has 0 aliphatic carbocycles. The zero-order chi connectivity index (χ0) is 22.3. The van der Waals surface area contributed by atoms with Crippen LogP contribution < -0.4 is 11.5 Å². The number of nitrogens with two attached hydrogens (primary N) is 2. The van der Waals surface area contributed by atoms with Gasteiger partial charge in [-0.15, -0.1) is 11.3 Å². The smallest absolute Gasteiger partial charge is 0.262 e. The van der Waals surface area contributed by atoms with Crippen molar-refractivity contribution in [2.75, 3.05) is 0 Å². The fourth-order valence-corrected chi connectivity index (χ4v) is 4.85. The maximum Gasteiger partial charge on any atom is 0.262 e. The Labute approximate surface area is 192 Å². The minimum absolute atomic E-state index is 0.117. The zero-order valence-corrected chi connectivity index (χ0v) is 18.4. The Morgan fingerprint density at radius 3 is 2.26 bits per heavy atom. The van der Waals surface area contributed by atoms with E-state index in [1.165, 1.54) is 4.90 Å². The van der Waals surface area contributed by atoms with Crippen LogP contribution in [-0.4, -0.2) is 27.6 Å². The molecule has 9 heteroatoms. The molecule has 0 atom stereocenters. The first kappa shape index (κ1) is 21.2. The van der Waals surface area contributed by atoms with Gasteiger partial charge in [-0.25, -0.2) is 0 Å². The van der Waals surface area contributed by atoms with Gasteiger partial charge in [0, 0.05) is 12.0 Å². The number of rotatable bonds is 6. The highest BCUT2D eigenvalue weighted by atomic mass is 35.5. The molecule has 2 aromatic carbocycles. The fraction of sp³-hybridized carbons (Fsp3) is 0.0909. The summed E-state index contributed by atoms with van der Waals surface area (Å²) in [6, 6.07) is 13.9. The Balaban J connectivity index is 1.68. The molecule has 3 aromatic rings. The average molecular weight is 470 g/mol. The second-order valence-electron chi connectivity index (χ2n) is 7.04. The monoisotopic (exact) mass is 469 g/mol. The predicted octanol–water partition coefficient (Wildman–Crippen LogP) is 3.79. The van der Waals surface area contributed by atoms with Crippen LogP contribution in [-0.2, 0) is 13.0 Å². The van der Waals surface area contributed by atoms with Crippen LogP contribution in [0.5, 0.6) is 0 Å². The summed E-state index contributed by atoms with van der Waals surface area (Å²) in [6.07, 6.45) is 0.484. The Hall–Kier alpha value is -3.07. The van der Waals surface area contributed by atoms with Crippen molar-refractivity contribution in [3.63, 3.8) is 0 Å². The SMILES string of the molecule is NC(=O)c1sc(Cl)cc1-c1cccc2c1C(=O)N(Cc1ccc(CC(N)=S)cc1)C2=O. The number of benzene rings is 2. The molecular weight excluding hydrogens is 454 g/mol. The molecule has 0 spiro atoms. The number of hydrogen-bond acceptors (Lipinski definition) is 5. The summed E-state index contributed by atoms with van der Waals surface area (Å²) >= 11 is 12.0. The Morgan fingerprint density at radius 1 is 0.968 bits per heavy atom. The van der Waals surface area contributed by atoms with Gasteiger partial charge in [-0.05, 0) is 28.8 Å². The van der Waals surface area contributed by atoms with Gasteiger partial charge in [0.05, 0.1) is 27.0 Å². The standard InChI is InChI=1S/C22H16ClN3O3S2/c23-16-9-15(19(31-16)20(25)27)13-2-1-3-14-18(13)22(29)26(21(14)28)10-12-6-4-11(5-7-12)8-17(24)30/h1-7,9H,8,10H2,(H2,24,30)(H2,25,27). The van der Waals surface area contributed by atoms with E-state index in [0.29, 0.717) is 26.9 Å². The van der Waals surface area contributed by atoms with Gasteiger partial charge in [0.1, 0.15) is 4.88 Å². The van der Waals surface area contributed by atoms with E-state index < -0.39 is 17.7 Å². The molecule has 0 saturated heterocycles. The first-order valence-corrected chi connectivity index (χ1v) is 10.8. The summed E-state index contributed by atoms with van der Waals surface area (Å²) < 4.78 is 0.368. The largest absolute Gasteiger partial charge is 0.393 e. The van der Waals surface area contributed by atoms with Gasteiger partial charge in [-0.3, -0.25) is 19.3 Å². The Bertz CT molecular complexity index is 1250. The summed E-state index contributed by atoms with van der Waals surface area (Å²) in [4.78, 5) is 39.9. The van der Waals surface area contributed by atoms with Crippen molar-refractivity contribution >= 4 is 57.9 Å². The molecule has 0 radical (unpaired) electrons. The lowest BCUT2D eigenvalue weighted by molar-refractivity contribution is 0.0642. The number of amides is 3. The van der Waals surface area contributed by atoms with E-state index in [1.807, 2.05) is 24.3 Å². The first-order chi connectivity index (χ1) is 14.8. The molecule has 2 heterocycles. The van der Waals surface area contributed by atoms with Crippen LogP contribution in [0.4, 0.5) is 0 Å². The van der Waals surface area contributed by atoms with E-state index in [-0.39, 0.29) is 22.5 Å². The lowest BCUT2D eigenvalue weighted by Gasteiger charge is -2.14. The topological polar surface area (TPSA) is 106 Å². The lowest BCUT2D eigenvalue weighted by Crippen LogP contribution is -2.29. The van der Waals surface area contributed by atoms with Crippen LogP contribution in [0.2, 0.25) is 4.34 Å². The minimum atomic E-state index is -0.643. The van der Waals surface area contributed by atoms with E-state index in [0.717, 1.165) is 22.5 Å². The molecule has 4 N–H and O–H groups in total. The van der Waals surface area contributed by atoms with E-state index >= 15 is 0 Å². The summed E-state index contributed by atoms with van der Waals surface area (Å²) in [5, 5.41) is 0. The van der Waals surface area contributed by atoms with Crippen molar-refractivity contribution in [3.05, 3.63) is 80.0 Å². The Kier molecular flexibility index (Phi) is 5.62. The number of thiocarbonyl (C=S) groups is 1. The molecule has 6 nitrogen and oxygen atoms in total. The lowest BCUT2D eigenvalue weighted by atomic mass is 9.97. The predicted molar refractivity (Wildman–Crippen MR) is 124 cm³/mol. The number of nitrogens with zero attached hydrogens (tertiary/aromatic N) is 1. The second kappa shape index (κ2) is 8.22. The highest BCUT2D eigenvalue weighted by Gasteiger charge is 2.38. The van der Waals surface area contributed by atoms with Crippen LogP contribution in [0.15, 0.2) is 48.5 Å². The van der Waals surface area contributed by atoms with Gasteiger partial charge in [-0.2, -0.15) is 0 Å². The molecular formula is C22H16ClN3O3S2. The summed E-state index contributed by atoms with van der Waals surface area (Å²) in [5.74, 6) is -1.47. The van der Waals surface area contributed by atoms with Crippen LogP contribution in [0.1, 0.15) is 41.5 Å². The molecule has 3 amide bonds. The second-order valence-corrected chi connectivity index (χ2v) is 9.25. The number of primary amides is 1. The number of imide groups is 1. The molecule has 4 rings (SSSR count). The van der Waals surface area contributed by atoms with Crippen LogP contribution in [0, 0.1) is 0 Å². The fourth-order valence-electron chi connectivity index (χ4n) is 3.59. The maximum atomic E-state index is 13.2. The van der Waals surface area contributed by atoms with Gasteiger partial charge in [0.15, 0.2) is 0 Å². The van der Waals surface area contributed by atoms with E-state index in [1.54, 1.807) is 24.3 Å². The molecule has 1 aromatic heterocycles. The number of carbonyl (C=O) groups is 3. The number of halogens is 1. The van der Waals surface area contributed by atoms with Crippen molar-refractivity contribution in [1.82, 2.24) is 4.90 Å². The molecule has 1 aliphatic rings. The Morgan fingerprint density at radius 2 is 1.61 bits per heavy atom. The van der Waals surface area contributed by atoms with Crippen molar-refractivity contribution in [2.45, 2.75) is 13.0 Å². The quantitative estimate of drug-likeness (QED) is 0.422. The van der Waals surface area contributed by atoms with Crippen molar-refractivity contribution in [2.24, 2.45) is 11.5 Å². The van der Waals surface area contributed by atoms with Crippen LogP contribution in [0.3, 0.4) is 0 Å². The van der Waals surface area contributed by atoms with Crippen LogP contribution >= 0.6 is 35.2 Å². The van der Waals surface area contributed by atoms with E-state index in [2.05, 4.69) is 0 Å². The third-order valence-corrected chi connectivity index (χ3v) is 6.38. The van der Waals surface area contributed by atoms with E-state index in [9.17, 15) is 14.4 Å². The van der Waals surface area contributed by atoms with Crippen LogP contribution in [0.25, 0.3) is 11.1 Å². The van der Waals surface area contributed by atoms with Gasteiger partial charge >= 0.3 is 0 Å². The maximum absolute atomic E-state index is 13.2. The average Bonchev–Trinajstić information content (AvgIpc) is 3.23. The summed E-state index contributed by atoms with van der Waals surface area (Å²) in [5.41, 5.74) is 14.2. The molecule has 0 saturated carbocycles. The van der Waals surface area contributed by atoms with Gasteiger partial charge in [-0.1, -0.05) is 60.2 Å². The number of hydrogen-bond donors (Lipinski definition) is 2. The minimum Gasteiger partial charge on any atom is -0.393 e. The van der Waals surface area contributed by atoms with E-state index in [4.69, 9.17) is 35.3 Å². The molecule has 0 unspecified atom stereocenters. The highest BCUT2D eigenvalue weighted by molar-refractivity contribution is 7.80. The van der Waals surface area contributed by atoms with Crippen molar-refractivity contribution < 1.29 is 14.4 Å². The molecule has 0 bridgehead atoms. The number of thiophene rings is 1. The third-order valence-electron chi connectivity index (χ3n) is 4.96. The number of carbonyl (C=O) groups excluding carboxylic acids is 3. The van der Waals surface area contributed by atoms with Crippen molar-refractivity contribution in [1.29, 1.82) is 0 Å². The third kappa shape index (κ3) is 3.97. The first-order valence-electron chi connectivity index (χ1n) is 9.21. The molecule has 0 fully saturated rings.